The van der Waals surface area contributed by atoms with Gasteiger partial charge in [0.1, 0.15) is 0 Å². The number of anilines is 1. The number of nitrogens with one attached hydrogen (secondary N) is 1. The molecule has 0 unspecified atom stereocenters. The Morgan fingerprint density at radius 3 is 2.55 bits per heavy atom. The zero-order valence-electron chi connectivity index (χ0n) is 17.4. The van der Waals surface area contributed by atoms with Crippen molar-refractivity contribution in [1.29, 1.82) is 5.26 Å². The minimum Gasteiger partial charge on any atom is -0.302 e. The zero-order valence-corrected chi connectivity index (χ0v) is 19.0. The summed E-state index contributed by atoms with van der Waals surface area (Å²) in [6.07, 6.45) is 0.256. The molecule has 4 rings (SSSR count). The van der Waals surface area contributed by atoms with Crippen LogP contribution in [-0.2, 0) is 24.3 Å². The first-order valence-electron chi connectivity index (χ1n) is 10.2. The van der Waals surface area contributed by atoms with Crippen molar-refractivity contribution in [2.24, 2.45) is 5.92 Å². The normalized spacial score (nSPS) is 15.6. The molecule has 2 heterocycles. The number of carbonyl (C=O) groups is 1. The van der Waals surface area contributed by atoms with Crippen LogP contribution in [0.25, 0.3) is 0 Å². The molecule has 158 valence electrons. The van der Waals surface area contributed by atoms with Crippen molar-refractivity contribution in [3.05, 3.63) is 80.8 Å². The number of fused-ring (bicyclic) bond motifs is 1. The first kappa shape index (κ1) is 21.5. The van der Waals surface area contributed by atoms with Crippen LogP contribution in [0.5, 0.6) is 0 Å². The predicted octanol–water partition coefficient (Wildman–Crippen LogP) is 5.56. The number of halogens is 1. The van der Waals surface area contributed by atoms with Gasteiger partial charge in [0.15, 0.2) is 5.13 Å². The molecule has 0 bridgehead atoms. The van der Waals surface area contributed by atoms with Gasteiger partial charge in [-0.25, -0.2) is 4.98 Å². The van der Waals surface area contributed by atoms with E-state index in [2.05, 4.69) is 42.3 Å². The molecule has 1 aliphatic rings. The second-order valence-corrected chi connectivity index (χ2v) is 9.60. The van der Waals surface area contributed by atoms with Crippen LogP contribution in [0.4, 0.5) is 5.13 Å². The summed E-state index contributed by atoms with van der Waals surface area (Å²) in [5, 5.41) is 13.2. The van der Waals surface area contributed by atoms with E-state index in [0.29, 0.717) is 16.6 Å². The lowest BCUT2D eigenvalue weighted by molar-refractivity contribution is -0.115. The van der Waals surface area contributed by atoms with E-state index in [1.54, 1.807) is 23.5 Å². The Morgan fingerprint density at radius 2 is 1.90 bits per heavy atom. The number of hydrogen-bond donors (Lipinski definition) is 1. The lowest BCUT2D eigenvalue weighted by Gasteiger charge is -2.27. The number of carbonyl (C=O) groups excluding carboxylic acids is 1. The largest absolute Gasteiger partial charge is 0.302 e. The smallest absolute Gasteiger partial charge is 0.230 e. The van der Waals surface area contributed by atoms with E-state index in [1.165, 1.54) is 10.4 Å². The third kappa shape index (κ3) is 4.96. The summed E-state index contributed by atoms with van der Waals surface area (Å²) in [7, 11) is 0. The number of hydrogen-bond acceptors (Lipinski definition) is 5. The highest BCUT2D eigenvalue weighted by molar-refractivity contribution is 7.15. The summed E-state index contributed by atoms with van der Waals surface area (Å²) in [4.78, 5) is 20.9. The minimum atomic E-state index is -0.101. The molecule has 0 saturated heterocycles. The molecule has 3 aromatic rings. The second kappa shape index (κ2) is 9.19. The van der Waals surface area contributed by atoms with E-state index >= 15 is 0 Å². The van der Waals surface area contributed by atoms with E-state index in [1.807, 2.05) is 24.3 Å². The Hall–Kier alpha value is -2.72. The van der Waals surface area contributed by atoms with Crippen molar-refractivity contribution in [2.75, 3.05) is 5.32 Å². The molecular formula is C24H23ClN4OS. The van der Waals surface area contributed by atoms with Crippen LogP contribution in [0.2, 0.25) is 5.02 Å². The van der Waals surface area contributed by atoms with Crippen LogP contribution in [0.15, 0.2) is 48.5 Å². The molecule has 5 nitrogen and oxygen atoms in total. The van der Waals surface area contributed by atoms with Gasteiger partial charge in [-0.2, -0.15) is 5.26 Å². The molecule has 1 N–H and O–H groups in total. The van der Waals surface area contributed by atoms with E-state index < -0.39 is 0 Å². The average Bonchev–Trinajstić information content (AvgIpc) is 3.26. The maximum atomic E-state index is 12.5. The fourth-order valence-corrected chi connectivity index (χ4v) is 5.15. The Bertz CT molecular complexity index is 1120. The van der Waals surface area contributed by atoms with Gasteiger partial charge in [-0.05, 0) is 41.3 Å². The highest BCUT2D eigenvalue weighted by Gasteiger charge is 2.36. The molecule has 7 heteroatoms. The number of amides is 1. The van der Waals surface area contributed by atoms with Crippen molar-refractivity contribution >= 4 is 34.0 Å². The van der Waals surface area contributed by atoms with Gasteiger partial charge in [0.25, 0.3) is 0 Å². The van der Waals surface area contributed by atoms with Gasteiger partial charge in [0.2, 0.25) is 5.91 Å². The first-order chi connectivity index (χ1) is 14.9. The molecule has 31 heavy (non-hydrogen) atoms. The lowest BCUT2D eigenvalue weighted by Crippen LogP contribution is -2.26. The van der Waals surface area contributed by atoms with Crippen molar-refractivity contribution in [3.63, 3.8) is 0 Å². The average molecular weight is 451 g/mol. The number of aromatic nitrogens is 1. The fraction of sp³-hybridized carbons (Fsp3) is 0.292. The molecule has 2 aromatic carbocycles. The standard InChI is InChI=1S/C24H23ClN4OS/c1-15(2)23-22-20(14-29(23)13-18-7-9-19(25)10-8-18)31-24(28-22)27-21(30)11-16-3-5-17(12-26)6-4-16/h3-10,15,23H,11,13-14H2,1-2H3,(H,27,28,30)/t23-/m0/s1. The molecule has 1 aliphatic heterocycles. The van der Waals surface area contributed by atoms with Crippen LogP contribution in [-0.4, -0.2) is 15.8 Å². The molecule has 0 saturated carbocycles. The van der Waals surface area contributed by atoms with Crippen LogP contribution < -0.4 is 5.32 Å². The highest BCUT2D eigenvalue weighted by atomic mass is 35.5. The molecular weight excluding hydrogens is 428 g/mol. The van der Waals surface area contributed by atoms with E-state index in [9.17, 15) is 4.79 Å². The van der Waals surface area contributed by atoms with E-state index in [0.717, 1.165) is 29.4 Å². The van der Waals surface area contributed by atoms with Crippen LogP contribution in [0, 0.1) is 17.2 Å². The Labute approximate surface area is 191 Å². The number of nitrogens with zero attached hydrogens (tertiary/aromatic N) is 3. The molecule has 0 spiro atoms. The summed E-state index contributed by atoms with van der Waals surface area (Å²) in [6, 6.07) is 17.3. The molecule has 1 amide bonds. The van der Waals surface area contributed by atoms with Gasteiger partial charge in [-0.1, -0.05) is 49.7 Å². The van der Waals surface area contributed by atoms with Crippen LogP contribution in [0.1, 0.15) is 47.2 Å². The summed E-state index contributed by atoms with van der Waals surface area (Å²) in [5.74, 6) is 0.300. The zero-order chi connectivity index (χ0) is 22.0. The summed E-state index contributed by atoms with van der Waals surface area (Å²) in [5.41, 5.74) is 3.75. The van der Waals surface area contributed by atoms with Gasteiger partial charge in [0, 0.05) is 23.0 Å². The van der Waals surface area contributed by atoms with Gasteiger partial charge < -0.3 is 5.32 Å². The number of benzene rings is 2. The third-order valence-electron chi connectivity index (χ3n) is 5.37. The van der Waals surface area contributed by atoms with Gasteiger partial charge in [-0.15, -0.1) is 11.3 Å². The van der Waals surface area contributed by atoms with Gasteiger partial charge in [0.05, 0.1) is 29.8 Å². The summed E-state index contributed by atoms with van der Waals surface area (Å²) >= 11 is 7.57. The lowest BCUT2D eigenvalue weighted by atomic mass is 10.0. The Balaban J connectivity index is 1.43. The number of rotatable bonds is 6. The second-order valence-electron chi connectivity index (χ2n) is 8.08. The third-order valence-corrected chi connectivity index (χ3v) is 6.60. The van der Waals surface area contributed by atoms with Crippen molar-refractivity contribution < 1.29 is 4.79 Å². The molecule has 0 radical (unpaired) electrons. The van der Waals surface area contributed by atoms with Gasteiger partial charge in [-0.3, -0.25) is 9.69 Å². The topological polar surface area (TPSA) is 69.0 Å². The quantitative estimate of drug-likeness (QED) is 0.533. The molecule has 0 aliphatic carbocycles. The maximum absolute atomic E-state index is 12.5. The van der Waals surface area contributed by atoms with Crippen molar-refractivity contribution in [2.45, 2.75) is 39.4 Å². The fourth-order valence-electron chi connectivity index (χ4n) is 3.98. The van der Waals surface area contributed by atoms with Crippen molar-refractivity contribution in [3.8, 4) is 6.07 Å². The number of nitriles is 1. The maximum Gasteiger partial charge on any atom is 0.230 e. The minimum absolute atomic E-state index is 0.101. The van der Waals surface area contributed by atoms with Crippen LogP contribution in [0.3, 0.4) is 0 Å². The van der Waals surface area contributed by atoms with Crippen molar-refractivity contribution in [1.82, 2.24) is 9.88 Å². The first-order valence-corrected chi connectivity index (χ1v) is 11.4. The monoisotopic (exact) mass is 450 g/mol. The Kier molecular flexibility index (Phi) is 6.38. The molecule has 1 atom stereocenters. The van der Waals surface area contributed by atoms with E-state index in [-0.39, 0.29) is 18.4 Å². The highest BCUT2D eigenvalue weighted by Crippen LogP contribution is 2.43. The van der Waals surface area contributed by atoms with Gasteiger partial charge >= 0.3 is 0 Å². The predicted molar refractivity (Wildman–Crippen MR) is 124 cm³/mol. The molecule has 1 aromatic heterocycles. The van der Waals surface area contributed by atoms with E-state index in [4.69, 9.17) is 21.8 Å². The molecule has 0 fully saturated rings. The summed E-state index contributed by atoms with van der Waals surface area (Å²) in [6.45, 7) is 6.07. The van der Waals surface area contributed by atoms with Crippen LogP contribution >= 0.6 is 22.9 Å². The SMILES string of the molecule is CC(C)[C@H]1c2nc(NC(=O)Cc3ccc(C#N)cc3)sc2CN1Cc1ccc(Cl)cc1. The number of thiazole rings is 1. The Morgan fingerprint density at radius 1 is 1.23 bits per heavy atom. The summed E-state index contributed by atoms with van der Waals surface area (Å²) < 4.78 is 0.